The fraction of sp³-hybridized carbons (Fsp3) is 0.278. The second-order valence-corrected chi connectivity index (χ2v) is 5.58. The molecule has 1 fully saturated rings. The van der Waals surface area contributed by atoms with Gasteiger partial charge in [-0.05, 0) is 36.1 Å². The topological polar surface area (TPSA) is 35.5 Å². The van der Waals surface area contributed by atoms with Crippen LogP contribution in [0.25, 0.3) is 0 Å². The van der Waals surface area contributed by atoms with Gasteiger partial charge in [-0.1, -0.05) is 30.3 Å². The van der Waals surface area contributed by atoms with E-state index in [1.807, 2.05) is 36.4 Å². The Morgan fingerprint density at radius 2 is 1.71 bits per heavy atom. The van der Waals surface area contributed by atoms with Gasteiger partial charge in [0.1, 0.15) is 13.2 Å². The molecule has 2 unspecified atom stereocenters. The summed E-state index contributed by atoms with van der Waals surface area (Å²) in [5.41, 5.74) is 1.98. The quantitative estimate of drug-likeness (QED) is 0.808. The first-order chi connectivity index (χ1) is 10.3. The average molecular weight is 280 g/mol. The molecule has 21 heavy (non-hydrogen) atoms. The van der Waals surface area contributed by atoms with Crippen molar-refractivity contribution in [3.8, 4) is 11.5 Å². The minimum absolute atomic E-state index is 0.106. The van der Waals surface area contributed by atoms with E-state index in [1.165, 1.54) is 5.56 Å². The lowest BCUT2D eigenvalue weighted by Crippen LogP contribution is -2.16. The van der Waals surface area contributed by atoms with E-state index in [9.17, 15) is 4.79 Å². The van der Waals surface area contributed by atoms with E-state index >= 15 is 0 Å². The van der Waals surface area contributed by atoms with Gasteiger partial charge >= 0.3 is 0 Å². The van der Waals surface area contributed by atoms with Gasteiger partial charge in [-0.2, -0.15) is 0 Å². The maximum Gasteiger partial charge on any atom is 0.166 e. The lowest BCUT2D eigenvalue weighted by Gasteiger charge is -2.18. The Labute approximate surface area is 123 Å². The number of benzene rings is 2. The van der Waals surface area contributed by atoms with Crippen LogP contribution in [-0.2, 0) is 0 Å². The van der Waals surface area contributed by atoms with E-state index in [2.05, 4.69) is 12.1 Å². The molecular weight excluding hydrogens is 264 g/mol. The molecule has 3 nitrogen and oxygen atoms in total. The molecule has 0 N–H and O–H groups in total. The molecule has 2 aromatic carbocycles. The SMILES string of the molecule is O=C(c1ccc2c(c1)OCCO2)C1CC1c1ccccc1. The van der Waals surface area contributed by atoms with Gasteiger partial charge < -0.3 is 9.47 Å². The Morgan fingerprint density at radius 1 is 0.952 bits per heavy atom. The Hall–Kier alpha value is -2.29. The summed E-state index contributed by atoms with van der Waals surface area (Å²) >= 11 is 0. The van der Waals surface area contributed by atoms with Gasteiger partial charge in [-0.25, -0.2) is 0 Å². The molecule has 3 heteroatoms. The maximum atomic E-state index is 12.6. The minimum Gasteiger partial charge on any atom is -0.486 e. The molecule has 0 saturated heterocycles. The van der Waals surface area contributed by atoms with Crippen molar-refractivity contribution in [2.75, 3.05) is 13.2 Å². The van der Waals surface area contributed by atoms with Gasteiger partial charge in [0, 0.05) is 11.5 Å². The van der Waals surface area contributed by atoms with Crippen LogP contribution in [-0.4, -0.2) is 19.0 Å². The summed E-state index contributed by atoms with van der Waals surface area (Å²) in [5.74, 6) is 2.10. The first-order valence-electron chi connectivity index (χ1n) is 7.32. The molecule has 1 saturated carbocycles. The summed E-state index contributed by atoms with van der Waals surface area (Å²) in [6.07, 6.45) is 0.942. The lowest BCUT2D eigenvalue weighted by molar-refractivity contribution is 0.0964. The van der Waals surface area contributed by atoms with Gasteiger partial charge in [0.2, 0.25) is 0 Å². The number of hydrogen-bond donors (Lipinski definition) is 0. The Morgan fingerprint density at radius 3 is 2.52 bits per heavy atom. The minimum atomic E-state index is 0.106. The molecule has 106 valence electrons. The van der Waals surface area contributed by atoms with Crippen molar-refractivity contribution in [2.45, 2.75) is 12.3 Å². The highest BCUT2D eigenvalue weighted by Crippen LogP contribution is 2.49. The Bertz CT molecular complexity index is 678. The fourth-order valence-corrected chi connectivity index (χ4v) is 2.96. The average Bonchev–Trinajstić information content (AvgIpc) is 3.35. The van der Waals surface area contributed by atoms with Crippen molar-refractivity contribution in [3.63, 3.8) is 0 Å². The van der Waals surface area contributed by atoms with Crippen molar-refractivity contribution in [3.05, 3.63) is 59.7 Å². The smallest absolute Gasteiger partial charge is 0.166 e. The Kier molecular flexibility index (Phi) is 2.92. The fourth-order valence-electron chi connectivity index (χ4n) is 2.96. The number of hydrogen-bond acceptors (Lipinski definition) is 3. The third kappa shape index (κ3) is 2.29. The van der Waals surface area contributed by atoms with Crippen LogP contribution in [0.5, 0.6) is 11.5 Å². The highest BCUT2D eigenvalue weighted by Gasteiger charge is 2.44. The molecular formula is C18H16O3. The Balaban J connectivity index is 1.54. The molecule has 1 aliphatic carbocycles. The van der Waals surface area contributed by atoms with Crippen LogP contribution in [0.4, 0.5) is 0 Å². The third-order valence-corrected chi connectivity index (χ3v) is 4.18. The zero-order valence-electron chi connectivity index (χ0n) is 11.6. The van der Waals surface area contributed by atoms with E-state index in [0.29, 0.717) is 24.9 Å². The monoisotopic (exact) mass is 280 g/mol. The lowest BCUT2D eigenvalue weighted by atomic mass is 10.0. The van der Waals surface area contributed by atoms with Gasteiger partial charge in [0.05, 0.1) is 0 Å². The van der Waals surface area contributed by atoms with Gasteiger partial charge in [-0.3, -0.25) is 4.79 Å². The first kappa shape index (κ1) is 12.5. The molecule has 0 amide bonds. The molecule has 0 bridgehead atoms. The van der Waals surface area contributed by atoms with E-state index < -0.39 is 0 Å². The van der Waals surface area contributed by atoms with Gasteiger partial charge in [0.25, 0.3) is 0 Å². The number of rotatable bonds is 3. The zero-order chi connectivity index (χ0) is 14.2. The predicted octanol–water partition coefficient (Wildman–Crippen LogP) is 3.44. The van der Waals surface area contributed by atoms with E-state index in [-0.39, 0.29) is 11.7 Å². The van der Waals surface area contributed by atoms with Crippen molar-refractivity contribution < 1.29 is 14.3 Å². The molecule has 0 radical (unpaired) electrons. The summed E-state index contributed by atoms with van der Waals surface area (Å²) < 4.78 is 11.0. The van der Waals surface area contributed by atoms with E-state index in [4.69, 9.17) is 9.47 Å². The predicted molar refractivity (Wildman–Crippen MR) is 79.1 cm³/mol. The van der Waals surface area contributed by atoms with Crippen LogP contribution in [0.15, 0.2) is 48.5 Å². The van der Waals surface area contributed by atoms with Gasteiger partial charge in [0.15, 0.2) is 17.3 Å². The molecule has 2 atom stereocenters. The highest BCUT2D eigenvalue weighted by atomic mass is 16.6. The van der Waals surface area contributed by atoms with Crippen molar-refractivity contribution in [1.82, 2.24) is 0 Å². The summed E-state index contributed by atoms with van der Waals surface area (Å²) in [5, 5.41) is 0. The molecule has 1 heterocycles. The zero-order valence-corrected chi connectivity index (χ0v) is 11.6. The molecule has 2 aliphatic rings. The molecule has 2 aromatic rings. The maximum absolute atomic E-state index is 12.6. The second-order valence-electron chi connectivity index (χ2n) is 5.58. The standard InChI is InChI=1S/C18H16O3/c19-18(15-11-14(15)12-4-2-1-3-5-12)13-6-7-16-17(10-13)21-9-8-20-16/h1-7,10,14-15H,8-9,11H2. The summed E-state index contributed by atoms with van der Waals surface area (Å²) in [6, 6.07) is 15.8. The summed E-state index contributed by atoms with van der Waals surface area (Å²) in [6.45, 7) is 1.11. The van der Waals surface area contributed by atoms with Crippen LogP contribution < -0.4 is 9.47 Å². The van der Waals surface area contributed by atoms with Crippen molar-refractivity contribution >= 4 is 5.78 Å². The summed E-state index contributed by atoms with van der Waals surface area (Å²) in [7, 11) is 0. The molecule has 4 rings (SSSR count). The van der Waals surface area contributed by atoms with Crippen LogP contribution in [0.1, 0.15) is 28.3 Å². The number of ketones is 1. The third-order valence-electron chi connectivity index (χ3n) is 4.18. The van der Waals surface area contributed by atoms with Gasteiger partial charge in [-0.15, -0.1) is 0 Å². The molecule has 1 aliphatic heterocycles. The number of carbonyl (C=O) groups excluding carboxylic acids is 1. The normalized spacial score (nSPS) is 22.7. The molecule has 0 aromatic heterocycles. The highest BCUT2D eigenvalue weighted by molar-refractivity contribution is 6.00. The van der Waals surface area contributed by atoms with Crippen LogP contribution >= 0.6 is 0 Å². The van der Waals surface area contributed by atoms with Crippen LogP contribution in [0.3, 0.4) is 0 Å². The molecule has 0 spiro atoms. The van der Waals surface area contributed by atoms with Crippen molar-refractivity contribution in [1.29, 1.82) is 0 Å². The van der Waals surface area contributed by atoms with Crippen molar-refractivity contribution in [2.24, 2.45) is 5.92 Å². The number of carbonyl (C=O) groups is 1. The second kappa shape index (κ2) is 4.92. The van der Waals surface area contributed by atoms with Crippen LogP contribution in [0.2, 0.25) is 0 Å². The van der Waals surface area contributed by atoms with E-state index in [0.717, 1.165) is 17.7 Å². The number of fused-ring (bicyclic) bond motifs is 1. The van der Waals surface area contributed by atoms with E-state index in [1.54, 1.807) is 0 Å². The largest absolute Gasteiger partial charge is 0.486 e. The number of Topliss-reactive ketones (excluding diaryl/α,β-unsaturated/α-hetero) is 1. The van der Waals surface area contributed by atoms with Crippen LogP contribution in [0, 0.1) is 5.92 Å². The first-order valence-corrected chi connectivity index (χ1v) is 7.32. The summed E-state index contributed by atoms with van der Waals surface area (Å²) in [4.78, 5) is 12.6. The number of ether oxygens (including phenoxy) is 2.